The van der Waals surface area contributed by atoms with E-state index in [9.17, 15) is 0 Å². The molecule has 5 aliphatic carbocycles. The van der Waals surface area contributed by atoms with Crippen molar-refractivity contribution in [3.8, 4) is 122 Å². The van der Waals surface area contributed by atoms with Crippen molar-refractivity contribution in [2.24, 2.45) is 0 Å². The molecule has 5 heteroatoms. The molecule has 133 heavy (non-hydrogen) atoms. The number of furan rings is 2. The van der Waals surface area contributed by atoms with Crippen LogP contribution in [0.15, 0.2) is 415 Å². The topological polar surface area (TPSA) is 29.5 Å². The maximum absolute atomic E-state index is 6.54. The average Bonchev–Trinajstić information content (AvgIpc) is 1.53. The third-order valence-electron chi connectivity index (χ3n) is 30.1. The van der Waals surface area contributed by atoms with Crippen molar-refractivity contribution in [3.05, 3.63) is 429 Å². The van der Waals surface area contributed by atoms with Crippen LogP contribution in [0.1, 0.15) is 49.9 Å². The molecule has 0 saturated carbocycles. The Hall–Kier alpha value is -16.0. The summed E-state index contributed by atoms with van der Waals surface area (Å²) in [6.07, 6.45) is 0. The molecule has 0 N–H and O–H groups in total. The fourth-order valence-corrected chi connectivity index (χ4v) is 26.3. The predicted octanol–water partition coefficient (Wildman–Crippen LogP) is 37.4. The molecule has 620 valence electrons. The van der Waals surface area contributed by atoms with E-state index in [2.05, 4.69) is 439 Å². The zero-order chi connectivity index (χ0) is 87.5. The van der Waals surface area contributed by atoms with E-state index in [0.717, 1.165) is 39.4 Å². The highest BCUT2D eigenvalue weighted by Crippen LogP contribution is 2.64. The van der Waals surface area contributed by atoms with Crippen molar-refractivity contribution in [2.45, 2.75) is 38.5 Å². The molecule has 26 aromatic rings. The number of para-hydroxylation sites is 1. The molecule has 0 fully saturated rings. The molecule has 0 atom stereocenters. The molecular weight excluding hydrogens is 1650 g/mol. The highest BCUT2D eigenvalue weighted by atomic mass is 32.1. The Balaban J connectivity index is 0.0000000992. The molecule has 3 nitrogen and oxygen atoms in total. The Kier molecular flexibility index (Phi) is 15.6. The number of benzene rings is 22. The van der Waals surface area contributed by atoms with Gasteiger partial charge in [0.1, 0.15) is 22.3 Å². The van der Waals surface area contributed by atoms with Gasteiger partial charge in [-0.15, -0.1) is 22.7 Å². The van der Waals surface area contributed by atoms with E-state index in [4.69, 9.17) is 8.83 Å². The van der Waals surface area contributed by atoms with Crippen molar-refractivity contribution in [1.82, 2.24) is 0 Å². The molecule has 0 amide bonds. The summed E-state index contributed by atoms with van der Waals surface area (Å²) in [6, 6.07) is 150. The first-order valence-electron chi connectivity index (χ1n) is 46.2. The molecule has 0 saturated heterocycles. The summed E-state index contributed by atoms with van der Waals surface area (Å²) in [5, 5.41) is 23.7. The molecule has 0 spiro atoms. The molecule has 22 aromatic carbocycles. The Bertz CT molecular complexity index is 9630. The first kappa shape index (κ1) is 74.9. The minimum absolute atomic E-state index is 0.122. The van der Waals surface area contributed by atoms with Gasteiger partial charge in [-0.3, -0.25) is 0 Å². The molecule has 31 rings (SSSR count). The largest absolute Gasteiger partial charge is 0.456 e. The summed E-state index contributed by atoms with van der Waals surface area (Å²) >= 11 is 3.86. The molecule has 4 aromatic heterocycles. The van der Waals surface area contributed by atoms with E-state index in [1.807, 2.05) is 22.7 Å². The summed E-state index contributed by atoms with van der Waals surface area (Å²) in [6.45, 7) is 9.57. The van der Waals surface area contributed by atoms with Crippen molar-refractivity contribution >= 4 is 178 Å². The van der Waals surface area contributed by atoms with Gasteiger partial charge in [-0.2, -0.15) is 0 Å². The van der Waals surface area contributed by atoms with Gasteiger partial charge in [-0.1, -0.05) is 307 Å². The monoisotopic (exact) mass is 1730 g/mol. The number of anilines is 3. The number of thiophene rings is 2. The Morgan fingerprint density at radius 2 is 0.586 bits per heavy atom. The lowest BCUT2D eigenvalue weighted by Gasteiger charge is -2.27. The van der Waals surface area contributed by atoms with Crippen LogP contribution in [-0.2, 0) is 10.8 Å². The summed E-state index contributed by atoms with van der Waals surface area (Å²) in [7, 11) is 0. The van der Waals surface area contributed by atoms with E-state index in [0.29, 0.717) is 0 Å². The van der Waals surface area contributed by atoms with Crippen LogP contribution >= 0.6 is 22.7 Å². The SMILES string of the molecule is CC1(C)c2cc(-c3cccc(-c4cccc(-c5ccccc5)c4)c3)cc3c2-c2c1ccc1ccc4oc5cccc-3c5c4c21.CC1(C)c2cc(-c3cccc(N(c4ccccc4)c4ccc5c(ccc6ccccc65)c4)c3)cc3c2-c2c1ccc1ccc4oc5cccc-3c5c4c21.c1ccc(-c2cccc(-c3cc4sc5cccc6c5c4c4c3ccc3sc5cccc-6c5c34)c2)cc1. The fourth-order valence-electron chi connectivity index (χ4n) is 24.0. The minimum atomic E-state index is -0.163. The highest BCUT2D eigenvalue weighted by Gasteiger charge is 2.43. The maximum Gasteiger partial charge on any atom is 0.136 e. The van der Waals surface area contributed by atoms with E-state index in [1.54, 1.807) is 0 Å². The average molecular weight is 1730 g/mol. The number of fused-ring (bicyclic) bond motifs is 6. The highest BCUT2D eigenvalue weighted by molar-refractivity contribution is 7.27. The Morgan fingerprint density at radius 3 is 1.17 bits per heavy atom. The van der Waals surface area contributed by atoms with Crippen molar-refractivity contribution in [1.29, 1.82) is 0 Å². The standard InChI is InChI=1S/C51H33NO.C43H28O.C34H18S2/c1-51(2)42-24-20-31-21-25-45-50-46(31)49(42)47-41(40-16-9-17-44(53-45)48(40)50)28-34(29-43(47)51)32-11-8-14-36(26-32)52(35-12-4-3-5-13-35)37-22-23-39-33(27-37)19-18-30-10-6-7-15-38(30)39;1-43(2)34-19-17-26-18-20-37-42-38(26)41(34)39-33(32-15-8-16-36(44-37)40(32)42)23-31(24-35(39)43)30-14-7-13-29(22-30)28-12-6-11-27(21-28)25-9-4-3-5-10-25;1-2-7-19(8-3-1)20-9-4-10-21(17-20)25-18-29-34-31-23(12-6-14-27(31)36-29)22-11-5-13-26-30(22)33-28(35-26)16-15-24(25)32(33)34/h3-29H,1-2H3;3-24H,1-2H3;1-18H. The zero-order valence-corrected chi connectivity index (χ0v) is 74.9. The van der Waals surface area contributed by atoms with E-state index < -0.39 is 0 Å². The third kappa shape index (κ3) is 10.8. The van der Waals surface area contributed by atoms with Crippen molar-refractivity contribution in [3.63, 3.8) is 0 Å². The second-order valence-electron chi connectivity index (χ2n) is 37.9. The molecule has 0 aliphatic heterocycles. The number of nitrogens with zero attached hydrogens (tertiary/aromatic N) is 1. The molecule has 0 bridgehead atoms. The van der Waals surface area contributed by atoms with Gasteiger partial charge in [-0.05, 0) is 310 Å². The van der Waals surface area contributed by atoms with E-state index >= 15 is 0 Å². The molecule has 5 aliphatic rings. The number of hydrogen-bond acceptors (Lipinski definition) is 5. The summed E-state index contributed by atoms with van der Waals surface area (Å²) in [5.41, 5.74) is 40.8. The van der Waals surface area contributed by atoms with Crippen LogP contribution in [0, 0.1) is 0 Å². The van der Waals surface area contributed by atoms with Crippen LogP contribution in [0.2, 0.25) is 0 Å². The van der Waals surface area contributed by atoms with Crippen LogP contribution in [0.5, 0.6) is 0 Å². The Morgan fingerprint density at radius 1 is 0.188 bits per heavy atom. The maximum atomic E-state index is 6.54. The molecular formula is C128H79NO2S2. The van der Waals surface area contributed by atoms with Gasteiger partial charge in [0.05, 0.1) is 0 Å². The minimum Gasteiger partial charge on any atom is -0.456 e. The van der Waals surface area contributed by atoms with Crippen molar-refractivity contribution < 1.29 is 8.83 Å². The zero-order valence-electron chi connectivity index (χ0n) is 73.3. The first-order chi connectivity index (χ1) is 65.4. The van der Waals surface area contributed by atoms with Crippen molar-refractivity contribution in [2.75, 3.05) is 4.90 Å². The van der Waals surface area contributed by atoms with Gasteiger partial charge in [0.25, 0.3) is 0 Å². The van der Waals surface area contributed by atoms with Gasteiger partial charge in [0, 0.05) is 106 Å². The quantitative estimate of drug-likeness (QED) is 0.135. The number of rotatable bonds is 9. The third-order valence-corrected chi connectivity index (χ3v) is 32.3. The van der Waals surface area contributed by atoms with Gasteiger partial charge in [-0.25, -0.2) is 0 Å². The lowest BCUT2D eigenvalue weighted by molar-refractivity contribution is 0.661. The summed E-state index contributed by atoms with van der Waals surface area (Å²) in [4.78, 5) is 2.39. The van der Waals surface area contributed by atoms with Crippen LogP contribution in [0.3, 0.4) is 0 Å². The Labute approximate surface area is 775 Å². The second kappa shape index (κ2) is 27.8. The van der Waals surface area contributed by atoms with E-state index in [1.165, 1.54) is 260 Å². The van der Waals surface area contributed by atoms with Gasteiger partial charge in [0.15, 0.2) is 0 Å². The molecule has 0 unspecified atom stereocenters. The summed E-state index contributed by atoms with van der Waals surface area (Å²) < 4.78 is 18.5. The van der Waals surface area contributed by atoms with Crippen LogP contribution in [-0.4, -0.2) is 0 Å². The van der Waals surface area contributed by atoms with Crippen LogP contribution < -0.4 is 4.90 Å². The fraction of sp³-hybridized carbons (Fsp3) is 0.0469. The molecule has 0 radical (unpaired) electrons. The lowest BCUT2D eigenvalue weighted by atomic mass is 9.79. The lowest BCUT2D eigenvalue weighted by Crippen LogP contribution is -2.15. The van der Waals surface area contributed by atoms with Crippen LogP contribution in [0.25, 0.3) is 260 Å². The summed E-state index contributed by atoms with van der Waals surface area (Å²) in [5.74, 6) is 0. The molecule has 4 heterocycles. The first-order valence-corrected chi connectivity index (χ1v) is 47.8. The van der Waals surface area contributed by atoms with Gasteiger partial charge in [0.2, 0.25) is 0 Å². The second-order valence-corrected chi connectivity index (χ2v) is 40.0. The smallest absolute Gasteiger partial charge is 0.136 e. The van der Waals surface area contributed by atoms with E-state index in [-0.39, 0.29) is 10.8 Å². The predicted molar refractivity (Wildman–Crippen MR) is 567 cm³/mol. The van der Waals surface area contributed by atoms with Crippen LogP contribution in [0.4, 0.5) is 17.1 Å². The van der Waals surface area contributed by atoms with Gasteiger partial charge < -0.3 is 13.7 Å². The van der Waals surface area contributed by atoms with Gasteiger partial charge >= 0.3 is 0 Å². The normalized spacial score (nSPS) is 13.4. The number of hydrogen-bond donors (Lipinski definition) is 0.